The van der Waals surface area contributed by atoms with Crippen molar-refractivity contribution in [2.24, 2.45) is 0 Å². The number of rotatable bonds is 8. The summed E-state index contributed by atoms with van der Waals surface area (Å²) in [5, 5.41) is 9.56. The Hall–Kier alpha value is -4.23. The standard InChI is InChI=1S/C28H29N5O2/c1-32(2)16-17-33(19-20-6-4-3-5-7-20)28(35)23-10-8-21(9-11-23)25-18-30-27(29)26(31-25)22-12-14-24(34)15-13-22/h3-15,18,34H,16-17,19H2,1-2H3,(H2,29,30). The molecule has 4 rings (SSSR count). The maximum Gasteiger partial charge on any atom is 0.254 e. The van der Waals surface area contributed by atoms with E-state index in [4.69, 9.17) is 5.73 Å². The highest BCUT2D eigenvalue weighted by atomic mass is 16.3. The quantitative estimate of drug-likeness (QED) is 0.401. The Bertz CT molecular complexity index is 1270. The molecule has 0 saturated carbocycles. The Kier molecular flexibility index (Phi) is 7.38. The van der Waals surface area contributed by atoms with E-state index in [1.54, 1.807) is 30.5 Å². The average Bonchev–Trinajstić information content (AvgIpc) is 2.88. The molecule has 0 atom stereocenters. The van der Waals surface area contributed by atoms with Gasteiger partial charge < -0.3 is 20.6 Å². The van der Waals surface area contributed by atoms with Gasteiger partial charge in [0, 0.05) is 36.3 Å². The Morgan fingerprint density at radius 2 is 1.54 bits per heavy atom. The number of nitrogen functional groups attached to an aromatic ring is 1. The number of benzene rings is 3. The molecule has 0 unspecified atom stereocenters. The highest BCUT2D eigenvalue weighted by molar-refractivity contribution is 5.94. The minimum atomic E-state index is -0.0181. The summed E-state index contributed by atoms with van der Waals surface area (Å²) in [6.07, 6.45) is 1.62. The summed E-state index contributed by atoms with van der Waals surface area (Å²) in [7, 11) is 4.00. The Labute approximate surface area is 205 Å². The van der Waals surface area contributed by atoms with Crippen LogP contribution in [0.3, 0.4) is 0 Å². The molecule has 7 heteroatoms. The molecule has 7 nitrogen and oxygen atoms in total. The van der Waals surface area contributed by atoms with Crippen molar-refractivity contribution in [3.8, 4) is 28.3 Å². The van der Waals surface area contributed by atoms with Crippen LogP contribution in [0, 0.1) is 0 Å². The number of amides is 1. The second-order valence-corrected chi connectivity index (χ2v) is 8.63. The molecule has 0 aliphatic carbocycles. The first kappa shape index (κ1) is 23.9. The lowest BCUT2D eigenvalue weighted by atomic mass is 10.1. The second-order valence-electron chi connectivity index (χ2n) is 8.63. The number of carbonyl (C=O) groups excluding carboxylic acids is 1. The third-order valence-electron chi connectivity index (χ3n) is 5.69. The van der Waals surface area contributed by atoms with Gasteiger partial charge in [-0.2, -0.15) is 0 Å². The molecule has 178 valence electrons. The maximum atomic E-state index is 13.4. The molecule has 0 radical (unpaired) electrons. The van der Waals surface area contributed by atoms with Crippen LogP contribution >= 0.6 is 0 Å². The van der Waals surface area contributed by atoms with Crippen LogP contribution < -0.4 is 5.73 Å². The molecule has 1 aromatic heterocycles. The van der Waals surface area contributed by atoms with E-state index in [9.17, 15) is 9.90 Å². The third kappa shape index (κ3) is 6.02. The molecule has 0 spiro atoms. The fraction of sp³-hybridized carbons (Fsp3) is 0.179. The fourth-order valence-electron chi connectivity index (χ4n) is 3.71. The van der Waals surface area contributed by atoms with Crippen molar-refractivity contribution in [3.63, 3.8) is 0 Å². The summed E-state index contributed by atoms with van der Waals surface area (Å²) in [5.74, 6) is 0.461. The smallest absolute Gasteiger partial charge is 0.254 e. The van der Waals surface area contributed by atoms with Gasteiger partial charge in [-0.05, 0) is 56.1 Å². The lowest BCUT2D eigenvalue weighted by Gasteiger charge is -2.25. The lowest BCUT2D eigenvalue weighted by molar-refractivity contribution is 0.0732. The lowest BCUT2D eigenvalue weighted by Crippen LogP contribution is -2.36. The number of hydrogen-bond donors (Lipinski definition) is 2. The number of aromatic hydroxyl groups is 1. The summed E-state index contributed by atoms with van der Waals surface area (Å²) in [5.41, 5.74) is 10.6. The van der Waals surface area contributed by atoms with Crippen LogP contribution in [-0.4, -0.2) is 58.0 Å². The molecule has 0 aliphatic rings. The van der Waals surface area contributed by atoms with Gasteiger partial charge in [-0.15, -0.1) is 0 Å². The molecule has 0 bridgehead atoms. The number of aromatic nitrogens is 2. The van der Waals surface area contributed by atoms with E-state index in [2.05, 4.69) is 14.9 Å². The minimum Gasteiger partial charge on any atom is -0.508 e. The number of phenolic OH excluding ortho intramolecular Hbond substituents is 1. The summed E-state index contributed by atoms with van der Waals surface area (Å²) >= 11 is 0. The number of likely N-dealkylation sites (N-methyl/N-ethyl adjacent to an activating group) is 1. The Morgan fingerprint density at radius 3 is 2.20 bits per heavy atom. The van der Waals surface area contributed by atoms with Crippen molar-refractivity contribution in [1.82, 2.24) is 19.8 Å². The maximum absolute atomic E-state index is 13.4. The van der Waals surface area contributed by atoms with Crippen molar-refractivity contribution in [3.05, 3.63) is 96.2 Å². The molecule has 0 saturated heterocycles. The normalized spacial score (nSPS) is 10.9. The highest BCUT2D eigenvalue weighted by Gasteiger charge is 2.17. The number of phenols is 1. The van der Waals surface area contributed by atoms with Gasteiger partial charge in [0.1, 0.15) is 17.3 Å². The summed E-state index contributed by atoms with van der Waals surface area (Å²) in [6.45, 7) is 1.95. The van der Waals surface area contributed by atoms with E-state index < -0.39 is 0 Å². The van der Waals surface area contributed by atoms with Gasteiger partial charge in [0.25, 0.3) is 5.91 Å². The van der Waals surface area contributed by atoms with E-state index >= 15 is 0 Å². The molecular formula is C28H29N5O2. The van der Waals surface area contributed by atoms with Crippen LogP contribution in [-0.2, 0) is 6.54 Å². The van der Waals surface area contributed by atoms with Gasteiger partial charge in [-0.3, -0.25) is 4.79 Å². The topological polar surface area (TPSA) is 95.6 Å². The first-order valence-corrected chi connectivity index (χ1v) is 11.4. The minimum absolute atomic E-state index is 0.0181. The highest BCUT2D eigenvalue weighted by Crippen LogP contribution is 2.27. The first-order chi connectivity index (χ1) is 16.9. The number of hydrogen-bond acceptors (Lipinski definition) is 6. The van der Waals surface area contributed by atoms with Gasteiger partial charge in [0.05, 0.1) is 11.9 Å². The molecule has 3 N–H and O–H groups in total. The van der Waals surface area contributed by atoms with Crippen molar-refractivity contribution in [2.45, 2.75) is 6.54 Å². The average molecular weight is 468 g/mol. The first-order valence-electron chi connectivity index (χ1n) is 11.4. The third-order valence-corrected chi connectivity index (χ3v) is 5.69. The van der Waals surface area contributed by atoms with Crippen LogP contribution in [0.5, 0.6) is 5.75 Å². The van der Waals surface area contributed by atoms with Crippen molar-refractivity contribution >= 4 is 11.7 Å². The predicted molar refractivity (Wildman–Crippen MR) is 139 cm³/mol. The van der Waals surface area contributed by atoms with E-state index in [0.29, 0.717) is 35.9 Å². The van der Waals surface area contributed by atoms with E-state index in [-0.39, 0.29) is 11.7 Å². The predicted octanol–water partition coefficient (Wildman–Crippen LogP) is 4.30. The van der Waals surface area contributed by atoms with Crippen LogP contribution in [0.25, 0.3) is 22.5 Å². The van der Waals surface area contributed by atoms with Crippen molar-refractivity contribution in [1.29, 1.82) is 0 Å². The van der Waals surface area contributed by atoms with Gasteiger partial charge in [0.2, 0.25) is 0 Å². The molecule has 0 fully saturated rings. The SMILES string of the molecule is CN(C)CCN(Cc1ccccc1)C(=O)c1ccc(-c2cnc(N)c(-c3ccc(O)cc3)n2)cc1. The zero-order valence-corrected chi connectivity index (χ0v) is 19.9. The van der Waals surface area contributed by atoms with Gasteiger partial charge in [-0.25, -0.2) is 9.97 Å². The van der Waals surface area contributed by atoms with Crippen LogP contribution in [0.4, 0.5) is 5.82 Å². The van der Waals surface area contributed by atoms with E-state index in [1.165, 1.54) is 0 Å². The monoisotopic (exact) mass is 467 g/mol. The summed E-state index contributed by atoms with van der Waals surface area (Å²) < 4.78 is 0. The molecule has 1 heterocycles. The van der Waals surface area contributed by atoms with Gasteiger partial charge in [-0.1, -0.05) is 42.5 Å². The fourth-order valence-corrected chi connectivity index (χ4v) is 3.71. The zero-order valence-electron chi connectivity index (χ0n) is 19.9. The number of nitrogens with zero attached hydrogens (tertiary/aromatic N) is 4. The molecular weight excluding hydrogens is 438 g/mol. The number of nitrogens with two attached hydrogens (primary N) is 1. The van der Waals surface area contributed by atoms with Crippen molar-refractivity contribution in [2.75, 3.05) is 32.9 Å². The molecule has 1 amide bonds. The van der Waals surface area contributed by atoms with Crippen LogP contribution in [0.1, 0.15) is 15.9 Å². The molecule has 3 aromatic carbocycles. The summed E-state index contributed by atoms with van der Waals surface area (Å²) in [6, 6.07) is 24.1. The second kappa shape index (κ2) is 10.8. The summed E-state index contributed by atoms with van der Waals surface area (Å²) in [4.78, 5) is 26.3. The molecule has 4 aromatic rings. The zero-order chi connectivity index (χ0) is 24.8. The number of anilines is 1. The Morgan fingerprint density at radius 1 is 0.886 bits per heavy atom. The van der Waals surface area contributed by atoms with Crippen LogP contribution in [0.2, 0.25) is 0 Å². The van der Waals surface area contributed by atoms with Gasteiger partial charge in [0.15, 0.2) is 0 Å². The van der Waals surface area contributed by atoms with E-state index in [0.717, 1.165) is 23.2 Å². The molecule has 35 heavy (non-hydrogen) atoms. The Balaban J connectivity index is 1.56. The van der Waals surface area contributed by atoms with Crippen LogP contribution in [0.15, 0.2) is 85.1 Å². The number of carbonyl (C=O) groups is 1. The largest absolute Gasteiger partial charge is 0.508 e. The van der Waals surface area contributed by atoms with Crippen molar-refractivity contribution < 1.29 is 9.90 Å². The molecule has 0 aliphatic heterocycles. The van der Waals surface area contributed by atoms with E-state index in [1.807, 2.05) is 73.6 Å². The van der Waals surface area contributed by atoms with Gasteiger partial charge >= 0.3 is 0 Å².